The summed E-state index contributed by atoms with van der Waals surface area (Å²) in [4.78, 5) is 0. The summed E-state index contributed by atoms with van der Waals surface area (Å²) in [5.41, 5.74) is 4.62. The molecule has 1 aromatic rings. The van der Waals surface area contributed by atoms with Gasteiger partial charge < -0.3 is 9.05 Å². The van der Waals surface area contributed by atoms with Crippen LogP contribution in [0.15, 0.2) is 18.2 Å². The normalized spacial score (nSPS) is 51.2. The lowest BCUT2D eigenvalue weighted by Gasteiger charge is -2.57. The second-order valence-corrected chi connectivity index (χ2v) is 10.5. The molecule has 4 aliphatic carbocycles. The molecule has 7 rings (SSSR count). The summed E-state index contributed by atoms with van der Waals surface area (Å²) in [5.74, 6) is 2.71. The summed E-state index contributed by atoms with van der Waals surface area (Å²) in [6, 6.07) is 6.98. The van der Waals surface area contributed by atoms with Crippen LogP contribution in [0.4, 0.5) is 0 Å². The maximum Gasteiger partial charge on any atom is 0.123 e. The molecule has 2 heterocycles. The van der Waals surface area contributed by atoms with Gasteiger partial charge in [-0.1, -0.05) is 13.0 Å². The molecule has 128 valence electrons. The van der Waals surface area contributed by atoms with Crippen LogP contribution >= 0.6 is 18.3 Å². The maximum absolute atomic E-state index is 6.35. The molecule has 0 aromatic heterocycles. The van der Waals surface area contributed by atoms with Gasteiger partial charge in [0.15, 0.2) is 0 Å². The van der Waals surface area contributed by atoms with Crippen molar-refractivity contribution in [1.29, 1.82) is 0 Å². The number of fused-ring (bicyclic) bond motifs is 3. The fraction of sp³-hybridized carbons (Fsp3) is 0.700. The number of benzene rings is 1. The van der Waals surface area contributed by atoms with E-state index in [4.69, 9.17) is 9.05 Å². The van der Waals surface area contributed by atoms with Crippen LogP contribution in [0, 0.1) is 16.7 Å². The third kappa shape index (κ3) is 1.42. The van der Waals surface area contributed by atoms with Crippen LogP contribution in [0.25, 0.3) is 0 Å². The standard InChI is InChI=1S/C20H26O2P2/c1-18-7-6-15-14-4-3-13-10-12(14)2-5-16(15)19(18)8-9-20(18,22-23)17(11-19)24-21-13/h3-4,10,15-17,24H,2,5-9,11,23H2,1H3/t15?,16?,17?,18-,19?,20-/m0/s1. The van der Waals surface area contributed by atoms with E-state index in [-0.39, 0.29) is 5.60 Å². The van der Waals surface area contributed by atoms with Gasteiger partial charge in [-0.2, -0.15) is 0 Å². The van der Waals surface area contributed by atoms with Crippen molar-refractivity contribution in [2.45, 2.75) is 69.0 Å². The van der Waals surface area contributed by atoms with E-state index in [0.29, 0.717) is 25.3 Å². The first-order valence-corrected chi connectivity index (χ1v) is 11.0. The Labute approximate surface area is 148 Å². The van der Waals surface area contributed by atoms with Gasteiger partial charge in [0.2, 0.25) is 0 Å². The third-order valence-electron chi connectivity index (χ3n) is 9.03. The van der Waals surface area contributed by atoms with Crippen LogP contribution in [0.1, 0.15) is 62.5 Å². The van der Waals surface area contributed by atoms with Crippen LogP contribution in [-0.2, 0) is 10.9 Å². The molecule has 6 aliphatic rings. The minimum Gasteiger partial charge on any atom is -0.477 e. The van der Waals surface area contributed by atoms with Gasteiger partial charge in [0.05, 0.1) is 14.4 Å². The molecule has 0 radical (unpaired) electrons. The third-order valence-corrected chi connectivity index (χ3v) is 10.8. The van der Waals surface area contributed by atoms with Gasteiger partial charge in [0.1, 0.15) is 5.75 Å². The van der Waals surface area contributed by atoms with E-state index in [1.807, 2.05) is 0 Å². The lowest BCUT2D eigenvalue weighted by molar-refractivity contribution is -0.0817. The van der Waals surface area contributed by atoms with Gasteiger partial charge in [0.25, 0.3) is 0 Å². The van der Waals surface area contributed by atoms with Crippen molar-refractivity contribution in [3.8, 4) is 5.75 Å². The maximum atomic E-state index is 6.35. The zero-order valence-electron chi connectivity index (χ0n) is 14.3. The second kappa shape index (κ2) is 4.57. The Hall–Kier alpha value is -0.160. The second-order valence-electron chi connectivity index (χ2n) is 9.12. The van der Waals surface area contributed by atoms with Crippen molar-refractivity contribution in [3.63, 3.8) is 0 Å². The molecule has 0 saturated heterocycles. The van der Waals surface area contributed by atoms with E-state index in [1.165, 1.54) is 44.9 Å². The van der Waals surface area contributed by atoms with Crippen LogP contribution in [0.2, 0.25) is 0 Å². The Morgan fingerprint density at radius 1 is 1.25 bits per heavy atom. The highest BCUT2D eigenvalue weighted by atomic mass is 31.1. The molecule has 4 heteroatoms. The van der Waals surface area contributed by atoms with Gasteiger partial charge in [0, 0.05) is 20.5 Å². The highest BCUT2D eigenvalue weighted by Gasteiger charge is 2.77. The minimum absolute atomic E-state index is 0.0262. The van der Waals surface area contributed by atoms with Gasteiger partial charge in [-0.25, -0.2) is 0 Å². The summed E-state index contributed by atoms with van der Waals surface area (Å²) >= 11 is 0. The van der Waals surface area contributed by atoms with Gasteiger partial charge in [-0.15, -0.1) is 0 Å². The fourth-order valence-corrected chi connectivity index (χ4v) is 10.2. The van der Waals surface area contributed by atoms with Crippen molar-refractivity contribution in [2.24, 2.45) is 16.7 Å². The molecule has 1 spiro atoms. The Morgan fingerprint density at radius 3 is 3.04 bits per heavy atom. The number of hydrogen-bond acceptors (Lipinski definition) is 2. The van der Waals surface area contributed by atoms with Gasteiger partial charge in [-0.3, -0.25) is 0 Å². The predicted molar refractivity (Wildman–Crippen MR) is 101 cm³/mol. The Morgan fingerprint density at radius 2 is 2.17 bits per heavy atom. The molecule has 1 aromatic carbocycles. The molecule has 2 aliphatic heterocycles. The van der Waals surface area contributed by atoms with E-state index >= 15 is 0 Å². The monoisotopic (exact) mass is 360 g/mol. The Kier molecular flexibility index (Phi) is 2.85. The molecule has 3 saturated carbocycles. The SMILES string of the molecule is C[C@]12CCC3c4ccc5cc4CCC3C13CC[C@]2(OP)C(C3)PO5. The number of rotatable bonds is 1. The van der Waals surface area contributed by atoms with Crippen LogP contribution < -0.4 is 4.52 Å². The smallest absolute Gasteiger partial charge is 0.123 e. The molecule has 2 nitrogen and oxygen atoms in total. The highest BCUT2D eigenvalue weighted by Crippen LogP contribution is 2.80. The molecular weight excluding hydrogens is 334 g/mol. The molecule has 3 fully saturated rings. The van der Waals surface area contributed by atoms with E-state index in [0.717, 1.165) is 17.6 Å². The minimum atomic E-state index is 0.0262. The van der Waals surface area contributed by atoms with Crippen molar-refractivity contribution < 1.29 is 9.05 Å². The zero-order chi connectivity index (χ0) is 16.2. The first-order valence-electron chi connectivity index (χ1n) is 9.57. The van der Waals surface area contributed by atoms with Gasteiger partial charge >= 0.3 is 0 Å². The number of hydrogen-bond donors (Lipinski definition) is 0. The molecule has 8 atom stereocenters. The lowest BCUT2D eigenvalue weighted by atomic mass is 9.48. The summed E-state index contributed by atoms with van der Waals surface area (Å²) in [7, 11) is 3.18. The molecule has 8 bridgehead atoms. The van der Waals surface area contributed by atoms with E-state index in [1.54, 1.807) is 11.1 Å². The largest absolute Gasteiger partial charge is 0.477 e. The summed E-state index contributed by atoms with van der Waals surface area (Å²) in [6.07, 6.45) is 9.22. The van der Waals surface area contributed by atoms with E-state index < -0.39 is 0 Å². The fourth-order valence-electron chi connectivity index (χ4n) is 7.97. The average molecular weight is 360 g/mol. The summed E-state index contributed by atoms with van der Waals surface area (Å²) in [5, 5.41) is 0. The zero-order valence-corrected chi connectivity index (χ0v) is 16.5. The molecule has 24 heavy (non-hydrogen) atoms. The lowest BCUT2D eigenvalue weighted by Crippen LogP contribution is -2.53. The van der Waals surface area contributed by atoms with Gasteiger partial charge in [-0.05, 0) is 85.5 Å². The van der Waals surface area contributed by atoms with Crippen LogP contribution in [0.5, 0.6) is 5.75 Å². The number of aryl methyl sites for hydroxylation is 1. The van der Waals surface area contributed by atoms with Crippen molar-refractivity contribution >= 4 is 18.3 Å². The van der Waals surface area contributed by atoms with Crippen molar-refractivity contribution in [2.75, 3.05) is 0 Å². The topological polar surface area (TPSA) is 18.5 Å². The first kappa shape index (κ1) is 15.0. The molecule has 0 N–H and O–H groups in total. The highest BCUT2D eigenvalue weighted by molar-refractivity contribution is 7.34. The Balaban J connectivity index is 1.62. The first-order chi connectivity index (χ1) is 11.6. The van der Waals surface area contributed by atoms with Crippen LogP contribution in [-0.4, -0.2) is 11.3 Å². The van der Waals surface area contributed by atoms with E-state index in [2.05, 4.69) is 34.6 Å². The molecule has 6 unspecified atom stereocenters. The molecular formula is C20H26O2P2. The quantitative estimate of drug-likeness (QED) is 0.640. The average Bonchev–Trinajstić information content (AvgIpc) is 2.98. The summed E-state index contributed by atoms with van der Waals surface area (Å²) in [6.45, 7) is 2.58. The molecule has 0 amide bonds. The van der Waals surface area contributed by atoms with Crippen LogP contribution in [0.3, 0.4) is 0 Å². The van der Waals surface area contributed by atoms with Crippen molar-refractivity contribution in [3.05, 3.63) is 29.3 Å². The van der Waals surface area contributed by atoms with Crippen molar-refractivity contribution in [1.82, 2.24) is 0 Å². The summed E-state index contributed by atoms with van der Waals surface area (Å²) < 4.78 is 12.7. The van der Waals surface area contributed by atoms with E-state index in [9.17, 15) is 0 Å². The Bertz CT molecular complexity index is 736. The predicted octanol–water partition coefficient (Wildman–Crippen LogP) is 5.22.